The predicted octanol–water partition coefficient (Wildman–Crippen LogP) is 8.21. The third-order valence-corrected chi connectivity index (χ3v) is 9.60. The van der Waals surface area contributed by atoms with E-state index in [0.717, 1.165) is 34.6 Å². The lowest BCUT2D eigenvalue weighted by Crippen LogP contribution is -2.25. The topological polar surface area (TPSA) is 66.8 Å². The van der Waals surface area contributed by atoms with Gasteiger partial charge in [0.05, 0.1) is 18.8 Å². The van der Waals surface area contributed by atoms with Gasteiger partial charge in [0, 0.05) is 12.3 Å². The molecule has 0 amide bonds. The van der Waals surface area contributed by atoms with Gasteiger partial charge in [0.1, 0.15) is 6.61 Å². The second kappa shape index (κ2) is 14.7. The molecule has 2 fully saturated rings. The molecule has 0 aromatic heterocycles. The Balaban J connectivity index is 1.24. The molecule has 1 unspecified atom stereocenters. The molecule has 4 nitrogen and oxygen atoms in total. The fourth-order valence-corrected chi connectivity index (χ4v) is 7.02. The highest BCUT2D eigenvalue weighted by Crippen LogP contribution is 2.45. The molecule has 2 aliphatic carbocycles. The number of unbranched alkanes of at least 4 members (excludes halogenated alkanes) is 1. The zero-order valence-corrected chi connectivity index (χ0v) is 24.0. The zero-order valence-electron chi connectivity index (χ0n) is 24.0. The summed E-state index contributed by atoms with van der Waals surface area (Å²) in [4.78, 5) is 11.8. The van der Waals surface area contributed by atoms with Crippen LogP contribution in [0.5, 0.6) is 0 Å². The highest BCUT2D eigenvalue weighted by Gasteiger charge is 2.32. The van der Waals surface area contributed by atoms with Crippen LogP contribution in [-0.4, -0.2) is 42.2 Å². The Bertz CT molecular complexity index is 1140. The van der Waals surface area contributed by atoms with Crippen LogP contribution in [0.2, 0.25) is 0 Å². The van der Waals surface area contributed by atoms with Crippen LogP contribution in [0.3, 0.4) is 0 Å². The predicted molar refractivity (Wildman–Crippen MR) is 156 cm³/mol. The summed E-state index contributed by atoms with van der Waals surface area (Å²) in [5, 5.41) is 21.1. The van der Waals surface area contributed by atoms with Crippen LogP contribution in [-0.2, 0) is 9.53 Å². The number of carbonyl (C=O) groups is 1. The molecule has 226 valence electrons. The number of fused-ring (bicyclic) bond motifs is 1. The molecular weight excluding hydrogens is 529 g/mol. The van der Waals surface area contributed by atoms with Gasteiger partial charge in [-0.3, -0.25) is 0 Å². The summed E-state index contributed by atoms with van der Waals surface area (Å²) in [6.45, 7) is 2.88. The number of aliphatic hydroxyl groups excluding tert-OH is 2. The summed E-state index contributed by atoms with van der Waals surface area (Å²) >= 11 is 0. The molecule has 2 aliphatic rings. The highest BCUT2D eigenvalue weighted by atomic mass is 19.4. The third kappa shape index (κ3) is 9.05. The normalized spacial score (nSPS) is 24.2. The molecule has 7 heteroatoms. The number of esters is 1. The summed E-state index contributed by atoms with van der Waals surface area (Å²) in [6, 6.07) is 12.7. The molecule has 0 spiro atoms. The minimum absolute atomic E-state index is 0.00877. The van der Waals surface area contributed by atoms with Gasteiger partial charge in [0.25, 0.3) is 0 Å². The van der Waals surface area contributed by atoms with E-state index in [-0.39, 0.29) is 31.1 Å². The Morgan fingerprint density at radius 2 is 1.54 bits per heavy atom. The summed E-state index contributed by atoms with van der Waals surface area (Å²) in [7, 11) is 0. The second-order valence-corrected chi connectivity index (χ2v) is 12.4. The van der Waals surface area contributed by atoms with Crippen LogP contribution in [0, 0.1) is 17.8 Å². The molecule has 2 saturated carbocycles. The maximum Gasteiger partial charge on any atom is 0.389 e. The van der Waals surface area contributed by atoms with Crippen molar-refractivity contribution in [3.63, 3.8) is 0 Å². The fraction of sp³-hybridized carbons (Fsp3) is 0.618. The van der Waals surface area contributed by atoms with Crippen molar-refractivity contribution in [1.82, 2.24) is 0 Å². The lowest BCUT2D eigenvalue weighted by molar-refractivity contribution is -0.140. The Kier molecular flexibility index (Phi) is 11.3. The number of benzene rings is 2. The Hall–Kier alpha value is -2.38. The van der Waals surface area contributed by atoms with Gasteiger partial charge in [-0.05, 0) is 90.5 Å². The van der Waals surface area contributed by atoms with Crippen molar-refractivity contribution in [1.29, 1.82) is 0 Å². The van der Waals surface area contributed by atoms with E-state index in [0.29, 0.717) is 18.3 Å². The molecule has 2 aromatic rings. The molecule has 0 aliphatic heterocycles. The first-order valence-corrected chi connectivity index (χ1v) is 15.3. The van der Waals surface area contributed by atoms with Crippen LogP contribution >= 0.6 is 0 Å². The van der Waals surface area contributed by atoms with Gasteiger partial charge in [-0.2, -0.15) is 13.2 Å². The number of carbonyl (C=O) groups excluding carboxylic acids is 1. The number of hydrogen-bond acceptors (Lipinski definition) is 4. The maximum absolute atomic E-state index is 12.4. The minimum Gasteiger partial charge on any atom is -0.462 e. The van der Waals surface area contributed by atoms with Gasteiger partial charge in [-0.1, -0.05) is 68.7 Å². The number of halogens is 3. The van der Waals surface area contributed by atoms with E-state index in [9.17, 15) is 23.1 Å². The van der Waals surface area contributed by atoms with Crippen LogP contribution in [0.4, 0.5) is 13.2 Å². The van der Waals surface area contributed by atoms with E-state index in [1.807, 2.05) is 12.1 Å². The van der Waals surface area contributed by atoms with Crippen molar-refractivity contribution in [3.05, 3.63) is 59.7 Å². The third-order valence-electron chi connectivity index (χ3n) is 9.60. The first kappa shape index (κ1) is 31.6. The molecule has 41 heavy (non-hydrogen) atoms. The number of alkyl halides is 3. The summed E-state index contributed by atoms with van der Waals surface area (Å²) in [5.74, 6) is 1.72. The van der Waals surface area contributed by atoms with Crippen molar-refractivity contribution in [2.24, 2.45) is 17.8 Å². The smallest absolute Gasteiger partial charge is 0.389 e. The second-order valence-electron chi connectivity index (χ2n) is 12.4. The van der Waals surface area contributed by atoms with Crippen LogP contribution in [0.25, 0.3) is 10.8 Å². The Labute approximate surface area is 242 Å². The van der Waals surface area contributed by atoms with Gasteiger partial charge in [0.2, 0.25) is 0 Å². The first-order valence-electron chi connectivity index (χ1n) is 15.3. The fourth-order valence-electron chi connectivity index (χ4n) is 7.02. The van der Waals surface area contributed by atoms with Crippen LogP contribution < -0.4 is 0 Å². The van der Waals surface area contributed by atoms with E-state index < -0.39 is 25.2 Å². The SMILES string of the molecule is C=C(CO)C(=O)OCC(CO)c1ccc2cc(C3CCC(C4CCC(CCCCC(F)(F)F)CC4)CC3)ccc2c1. The number of hydrogen-bond donors (Lipinski definition) is 2. The van der Waals surface area contributed by atoms with Crippen molar-refractivity contribution >= 4 is 16.7 Å². The molecule has 0 saturated heterocycles. The Morgan fingerprint density at radius 3 is 2.17 bits per heavy atom. The van der Waals surface area contributed by atoms with E-state index in [1.165, 1.54) is 56.9 Å². The molecule has 2 aromatic carbocycles. The molecule has 4 rings (SSSR count). The van der Waals surface area contributed by atoms with E-state index in [2.05, 4.69) is 30.8 Å². The van der Waals surface area contributed by atoms with E-state index in [1.54, 1.807) is 0 Å². The maximum atomic E-state index is 12.4. The van der Waals surface area contributed by atoms with E-state index in [4.69, 9.17) is 9.84 Å². The average Bonchev–Trinajstić information content (AvgIpc) is 2.98. The van der Waals surface area contributed by atoms with Crippen molar-refractivity contribution < 1.29 is 32.9 Å². The van der Waals surface area contributed by atoms with Crippen LogP contribution in [0.1, 0.15) is 100 Å². The van der Waals surface area contributed by atoms with Crippen LogP contribution in [0.15, 0.2) is 48.6 Å². The van der Waals surface area contributed by atoms with Gasteiger partial charge >= 0.3 is 12.1 Å². The minimum atomic E-state index is -4.02. The summed E-state index contributed by atoms with van der Waals surface area (Å²) < 4.78 is 42.3. The molecule has 0 radical (unpaired) electrons. The monoisotopic (exact) mass is 574 g/mol. The molecule has 2 N–H and O–H groups in total. The van der Waals surface area contributed by atoms with Crippen molar-refractivity contribution in [2.45, 2.75) is 95.1 Å². The van der Waals surface area contributed by atoms with Crippen molar-refractivity contribution in [2.75, 3.05) is 19.8 Å². The molecular formula is C34H45F3O4. The zero-order chi connectivity index (χ0) is 29.4. The first-order chi connectivity index (χ1) is 19.7. The largest absolute Gasteiger partial charge is 0.462 e. The van der Waals surface area contributed by atoms with Crippen molar-refractivity contribution in [3.8, 4) is 0 Å². The lowest BCUT2D eigenvalue weighted by atomic mass is 9.68. The average molecular weight is 575 g/mol. The molecule has 1 atom stereocenters. The molecule has 0 heterocycles. The van der Waals surface area contributed by atoms with Gasteiger partial charge < -0.3 is 14.9 Å². The van der Waals surface area contributed by atoms with Gasteiger partial charge in [0.15, 0.2) is 0 Å². The number of ether oxygens (including phenoxy) is 1. The Morgan fingerprint density at radius 1 is 0.902 bits per heavy atom. The quantitative estimate of drug-likeness (QED) is 0.152. The summed E-state index contributed by atoms with van der Waals surface area (Å²) in [5.41, 5.74) is 2.26. The molecule has 0 bridgehead atoms. The summed E-state index contributed by atoms with van der Waals surface area (Å²) in [6.07, 6.45) is 7.00. The number of aliphatic hydroxyl groups is 2. The van der Waals surface area contributed by atoms with E-state index >= 15 is 0 Å². The number of rotatable bonds is 12. The lowest BCUT2D eigenvalue weighted by Gasteiger charge is -2.38. The standard InChI is InChI=1S/C34H45F3O4/c1-23(20-38)33(40)41-22-32(21-39)31-16-15-29-18-28(13-14-30(29)19-31)27-11-9-26(10-12-27)25-7-5-24(6-8-25)4-2-3-17-34(35,36)37/h13-16,18-19,24-27,32,38-39H,1-12,17,20-22H2. The van der Waals surface area contributed by atoms with Gasteiger partial charge in [-0.25, -0.2) is 4.79 Å². The highest BCUT2D eigenvalue weighted by molar-refractivity contribution is 5.88. The van der Waals surface area contributed by atoms with Gasteiger partial charge in [-0.15, -0.1) is 0 Å².